The van der Waals surface area contributed by atoms with Crippen molar-refractivity contribution in [2.75, 3.05) is 39.3 Å². The van der Waals surface area contributed by atoms with E-state index in [2.05, 4.69) is 26.0 Å². The lowest BCUT2D eigenvalue weighted by Crippen LogP contribution is -2.53. The average molecular weight is 462 g/mol. The van der Waals surface area contributed by atoms with Gasteiger partial charge >= 0.3 is 0 Å². The van der Waals surface area contributed by atoms with E-state index in [9.17, 15) is 19.5 Å². The van der Waals surface area contributed by atoms with Crippen LogP contribution >= 0.6 is 11.8 Å². The lowest BCUT2D eigenvalue weighted by molar-refractivity contribution is -0.144. The van der Waals surface area contributed by atoms with Gasteiger partial charge in [0.25, 0.3) is 0 Å². The van der Waals surface area contributed by atoms with Crippen molar-refractivity contribution in [2.24, 2.45) is 11.8 Å². The summed E-state index contributed by atoms with van der Waals surface area (Å²) >= 11 is 1.62. The Kier molecular flexibility index (Phi) is 7.00. The second kappa shape index (κ2) is 9.59. The molecule has 4 rings (SSSR count). The number of thioether (sulfide) groups is 1. The van der Waals surface area contributed by atoms with E-state index in [1.54, 1.807) is 16.7 Å². The third-order valence-corrected chi connectivity index (χ3v) is 8.90. The summed E-state index contributed by atoms with van der Waals surface area (Å²) in [5.74, 6) is -1.12. The molecule has 5 atom stereocenters. The van der Waals surface area contributed by atoms with E-state index in [-0.39, 0.29) is 29.6 Å². The van der Waals surface area contributed by atoms with Gasteiger partial charge in [-0.25, -0.2) is 0 Å². The average Bonchev–Trinajstić information content (AvgIpc) is 3.10. The van der Waals surface area contributed by atoms with Crippen LogP contribution in [-0.2, 0) is 14.4 Å². The molecule has 4 aliphatic rings. The number of carbonyl (C=O) groups is 3. The molecule has 4 heterocycles. The maximum atomic E-state index is 13.8. The minimum Gasteiger partial charge on any atom is -0.396 e. The molecule has 0 aromatic carbocycles. The fourth-order valence-corrected chi connectivity index (χ4v) is 7.74. The zero-order valence-corrected chi connectivity index (χ0v) is 19.9. The lowest BCUT2D eigenvalue weighted by Gasteiger charge is -2.35. The molecule has 0 aliphatic carbocycles. The number of carbonyl (C=O) groups excluding carboxylic acids is 3. The number of rotatable bonds is 8. The Balaban J connectivity index is 1.76. The van der Waals surface area contributed by atoms with Gasteiger partial charge in [-0.05, 0) is 19.3 Å². The first-order chi connectivity index (χ1) is 15.5. The Bertz CT molecular complexity index is 815. The standard InChI is InChI=1S/C24H35N3O4S/c1-3-5-12-26-14-7-10-24-19(22(30)27(15-8-16-28)20(24)23(26)31)18-17(32-24)9-6-13-25(11-4-2)21(18)29/h6-7,9-10,17-20,28H,3-5,8,11-16H2,1-2H3/t17-,18+,19-,20?,24-/m0/s1. The first kappa shape index (κ1) is 23.4. The fraction of sp³-hybridized carbons (Fsp3) is 0.708. The van der Waals surface area contributed by atoms with Gasteiger partial charge in [-0.2, -0.15) is 0 Å². The van der Waals surface area contributed by atoms with E-state index in [1.807, 2.05) is 22.0 Å². The number of amides is 3. The van der Waals surface area contributed by atoms with Gasteiger partial charge in [-0.15, -0.1) is 11.8 Å². The van der Waals surface area contributed by atoms with Crippen LogP contribution in [0.1, 0.15) is 39.5 Å². The fourth-order valence-electron chi connectivity index (χ4n) is 5.74. The third kappa shape index (κ3) is 3.69. The van der Waals surface area contributed by atoms with Crippen LogP contribution < -0.4 is 0 Å². The van der Waals surface area contributed by atoms with Crippen LogP contribution in [0, 0.1) is 11.8 Å². The molecule has 176 valence electrons. The van der Waals surface area contributed by atoms with Crippen molar-refractivity contribution in [1.82, 2.24) is 14.7 Å². The molecule has 1 N–H and O–H groups in total. The highest BCUT2D eigenvalue weighted by Crippen LogP contribution is 2.61. The summed E-state index contributed by atoms with van der Waals surface area (Å²) in [6.07, 6.45) is 11.4. The smallest absolute Gasteiger partial charge is 0.247 e. The monoisotopic (exact) mass is 461 g/mol. The highest BCUT2D eigenvalue weighted by molar-refractivity contribution is 8.02. The minimum absolute atomic E-state index is 0.0250. The number of unbranched alkanes of at least 4 members (excludes halogenated alkanes) is 1. The molecule has 2 fully saturated rings. The van der Waals surface area contributed by atoms with Crippen molar-refractivity contribution in [3.8, 4) is 0 Å². The predicted octanol–water partition coefficient (Wildman–Crippen LogP) is 1.67. The summed E-state index contributed by atoms with van der Waals surface area (Å²) in [7, 11) is 0. The predicted molar refractivity (Wildman–Crippen MR) is 125 cm³/mol. The van der Waals surface area contributed by atoms with Crippen molar-refractivity contribution in [3.05, 3.63) is 24.3 Å². The van der Waals surface area contributed by atoms with E-state index >= 15 is 0 Å². The van der Waals surface area contributed by atoms with Gasteiger partial charge in [-0.3, -0.25) is 14.4 Å². The lowest BCUT2D eigenvalue weighted by atomic mass is 9.78. The van der Waals surface area contributed by atoms with Gasteiger partial charge in [-0.1, -0.05) is 44.6 Å². The van der Waals surface area contributed by atoms with Gasteiger partial charge in [0.15, 0.2) is 0 Å². The minimum atomic E-state index is -0.741. The van der Waals surface area contributed by atoms with E-state index in [0.29, 0.717) is 39.1 Å². The molecule has 4 aliphatic heterocycles. The van der Waals surface area contributed by atoms with Gasteiger partial charge < -0.3 is 19.8 Å². The molecule has 8 heteroatoms. The first-order valence-corrected chi connectivity index (χ1v) is 12.9. The Hall–Kier alpha value is -1.80. The van der Waals surface area contributed by atoms with Crippen LogP contribution in [0.2, 0.25) is 0 Å². The Morgan fingerprint density at radius 1 is 0.969 bits per heavy atom. The molecule has 7 nitrogen and oxygen atoms in total. The molecule has 3 amide bonds. The van der Waals surface area contributed by atoms with Crippen LogP contribution in [0.4, 0.5) is 0 Å². The first-order valence-electron chi connectivity index (χ1n) is 12.0. The van der Waals surface area contributed by atoms with E-state index < -0.39 is 22.6 Å². The van der Waals surface area contributed by atoms with Crippen LogP contribution in [-0.4, -0.2) is 92.9 Å². The molecule has 0 aromatic rings. The number of aliphatic hydroxyl groups excluding tert-OH is 1. The zero-order chi connectivity index (χ0) is 22.9. The molecule has 0 saturated carbocycles. The molecule has 32 heavy (non-hydrogen) atoms. The topological polar surface area (TPSA) is 81.2 Å². The van der Waals surface area contributed by atoms with Crippen molar-refractivity contribution in [1.29, 1.82) is 0 Å². The SMILES string of the molecule is CCCCN1CC=C[C@]23S[C@H]4C=CCN(CCC)C(=O)[C@H]4[C@H]2C(=O)N(CCCO)C3C1=O. The van der Waals surface area contributed by atoms with Crippen LogP contribution in [0.5, 0.6) is 0 Å². The summed E-state index contributed by atoms with van der Waals surface area (Å²) in [5, 5.41) is 9.33. The van der Waals surface area contributed by atoms with E-state index in [1.165, 1.54) is 0 Å². The van der Waals surface area contributed by atoms with Crippen LogP contribution in [0.25, 0.3) is 0 Å². The normalized spacial score (nSPS) is 34.0. The van der Waals surface area contributed by atoms with Crippen molar-refractivity contribution in [3.63, 3.8) is 0 Å². The largest absolute Gasteiger partial charge is 0.396 e. The summed E-state index contributed by atoms with van der Waals surface area (Å²) < 4.78 is -0.741. The summed E-state index contributed by atoms with van der Waals surface area (Å²) in [6.45, 7) is 6.89. The quantitative estimate of drug-likeness (QED) is 0.556. The molecule has 2 saturated heterocycles. The highest BCUT2D eigenvalue weighted by Gasteiger charge is 2.70. The highest BCUT2D eigenvalue weighted by atomic mass is 32.2. The molecule has 0 radical (unpaired) electrons. The third-order valence-electron chi connectivity index (χ3n) is 7.16. The molecular formula is C24H35N3O4S. The summed E-state index contributed by atoms with van der Waals surface area (Å²) in [4.78, 5) is 46.7. The van der Waals surface area contributed by atoms with Crippen LogP contribution in [0.15, 0.2) is 24.3 Å². The second-order valence-corrected chi connectivity index (χ2v) is 10.7. The maximum Gasteiger partial charge on any atom is 0.247 e. The summed E-state index contributed by atoms with van der Waals surface area (Å²) in [5.41, 5.74) is 0. The van der Waals surface area contributed by atoms with Gasteiger partial charge in [0.05, 0.1) is 16.6 Å². The Labute approximate surface area is 194 Å². The van der Waals surface area contributed by atoms with E-state index in [0.717, 1.165) is 19.3 Å². The second-order valence-electron chi connectivity index (χ2n) is 9.20. The maximum absolute atomic E-state index is 13.8. The number of nitrogens with zero attached hydrogens (tertiary/aromatic N) is 3. The van der Waals surface area contributed by atoms with Gasteiger partial charge in [0.2, 0.25) is 17.7 Å². The number of hydrogen-bond acceptors (Lipinski definition) is 5. The number of hydrogen-bond donors (Lipinski definition) is 1. The summed E-state index contributed by atoms with van der Waals surface area (Å²) in [6, 6.07) is -0.625. The molecule has 0 aromatic heterocycles. The van der Waals surface area contributed by atoms with Crippen molar-refractivity contribution in [2.45, 2.75) is 55.6 Å². The van der Waals surface area contributed by atoms with Crippen molar-refractivity contribution < 1.29 is 19.5 Å². The number of aliphatic hydroxyl groups is 1. The zero-order valence-electron chi connectivity index (χ0n) is 19.1. The van der Waals surface area contributed by atoms with Gasteiger partial charge in [0.1, 0.15) is 6.04 Å². The molecule has 0 bridgehead atoms. The molecule has 1 spiro atoms. The Morgan fingerprint density at radius 3 is 2.44 bits per heavy atom. The molecule has 1 unspecified atom stereocenters. The van der Waals surface area contributed by atoms with Crippen molar-refractivity contribution >= 4 is 29.5 Å². The number of likely N-dealkylation sites (tertiary alicyclic amines) is 1. The van der Waals surface area contributed by atoms with Crippen LogP contribution in [0.3, 0.4) is 0 Å². The van der Waals surface area contributed by atoms with Gasteiger partial charge in [0, 0.05) is 44.6 Å². The molecular weight excluding hydrogens is 426 g/mol. The number of fused-ring (bicyclic) bond motifs is 2. The Morgan fingerprint density at radius 2 is 1.72 bits per heavy atom. The van der Waals surface area contributed by atoms with E-state index in [4.69, 9.17) is 0 Å².